The van der Waals surface area contributed by atoms with Gasteiger partial charge in [-0.1, -0.05) is 5.16 Å². The van der Waals surface area contributed by atoms with Gasteiger partial charge in [-0.15, -0.1) is 0 Å². The summed E-state index contributed by atoms with van der Waals surface area (Å²) < 4.78 is 15.3. The predicted molar refractivity (Wildman–Crippen MR) is 65.0 cm³/mol. The minimum absolute atomic E-state index is 0.753. The van der Waals surface area contributed by atoms with Crippen LogP contribution in [0.4, 0.5) is 0 Å². The van der Waals surface area contributed by atoms with Crippen molar-refractivity contribution in [2.24, 2.45) is 0 Å². The Hall–Kier alpha value is -0.140. The summed E-state index contributed by atoms with van der Waals surface area (Å²) in [6.45, 7) is 4.19. The summed E-state index contributed by atoms with van der Waals surface area (Å²) in [5.74, 6) is 0.866. The van der Waals surface area contributed by atoms with Crippen molar-refractivity contribution in [2.45, 2.75) is 26.2 Å². The van der Waals surface area contributed by atoms with Crippen molar-refractivity contribution < 1.29 is 12.3 Å². The van der Waals surface area contributed by atoms with Crippen LogP contribution in [-0.2, 0) is 14.2 Å². The quantitative estimate of drug-likeness (QED) is 0.544. The van der Waals surface area contributed by atoms with Gasteiger partial charge in [-0.05, 0) is 26.2 Å². The molecule has 0 unspecified atom stereocenters. The second kappa shape index (κ2) is 8.06. The molecule has 0 aliphatic rings. The molecule has 5 heteroatoms. The van der Waals surface area contributed by atoms with E-state index in [2.05, 4.69) is 5.16 Å². The molecule has 0 saturated carbocycles. The number of aromatic nitrogens is 1. The van der Waals surface area contributed by atoms with E-state index in [1.165, 1.54) is 0 Å². The fraction of sp³-hybridized carbons (Fsp3) is 0.700. The largest absolute Gasteiger partial charge is 0.381 e. The zero-order valence-corrected chi connectivity index (χ0v) is 11.0. The highest BCUT2D eigenvalue weighted by molar-refractivity contribution is 14.1. The summed E-state index contributed by atoms with van der Waals surface area (Å²) in [7, 11) is 0. The van der Waals surface area contributed by atoms with E-state index in [9.17, 15) is 0 Å². The van der Waals surface area contributed by atoms with Gasteiger partial charge in [-0.3, -0.25) is 0 Å². The Morgan fingerprint density at radius 1 is 1.33 bits per heavy atom. The summed E-state index contributed by atoms with van der Waals surface area (Å²) in [6, 6.07) is 1.96. The van der Waals surface area contributed by atoms with E-state index in [0.717, 1.165) is 50.5 Å². The van der Waals surface area contributed by atoms with Crippen molar-refractivity contribution in [1.29, 1.82) is 0 Å². The lowest BCUT2D eigenvalue weighted by atomic mass is 10.2. The Bertz CT molecular complexity index is 265. The SMILES string of the molecule is Cc1cc(CCCOCCCOI)no1. The summed E-state index contributed by atoms with van der Waals surface area (Å²) in [5, 5.41) is 3.91. The second-order valence-corrected chi connectivity index (χ2v) is 3.93. The molecule has 0 aliphatic heterocycles. The molecule has 1 aromatic rings. The normalized spacial score (nSPS) is 10.8. The molecule has 0 saturated heterocycles. The van der Waals surface area contributed by atoms with Crippen LogP contribution in [-0.4, -0.2) is 25.0 Å². The van der Waals surface area contributed by atoms with Crippen LogP contribution in [0.5, 0.6) is 0 Å². The summed E-state index contributed by atoms with van der Waals surface area (Å²) in [6.07, 6.45) is 2.85. The third-order valence-corrected chi connectivity index (χ3v) is 2.35. The van der Waals surface area contributed by atoms with E-state index in [0.29, 0.717) is 0 Å². The van der Waals surface area contributed by atoms with Gasteiger partial charge in [0.2, 0.25) is 0 Å². The van der Waals surface area contributed by atoms with Crippen molar-refractivity contribution in [3.8, 4) is 0 Å². The lowest BCUT2D eigenvalue weighted by Crippen LogP contribution is -2.00. The van der Waals surface area contributed by atoms with E-state index in [1.54, 1.807) is 0 Å². The first-order valence-corrected chi connectivity index (χ1v) is 5.94. The van der Waals surface area contributed by atoms with Crippen LogP contribution in [0.2, 0.25) is 0 Å². The average Bonchev–Trinajstić information content (AvgIpc) is 2.63. The number of hydrogen-bond acceptors (Lipinski definition) is 4. The van der Waals surface area contributed by atoms with Gasteiger partial charge in [0.15, 0.2) is 0 Å². The highest BCUT2D eigenvalue weighted by Crippen LogP contribution is 2.04. The monoisotopic (exact) mass is 325 g/mol. The molecule has 0 N–H and O–H groups in total. The average molecular weight is 325 g/mol. The lowest BCUT2D eigenvalue weighted by molar-refractivity contribution is 0.122. The number of nitrogens with zero attached hydrogens (tertiary/aromatic N) is 1. The summed E-state index contributed by atoms with van der Waals surface area (Å²) >= 11 is 1.89. The van der Waals surface area contributed by atoms with Gasteiger partial charge in [0, 0.05) is 19.3 Å². The molecule has 0 bridgehead atoms. The molecule has 0 atom stereocenters. The van der Waals surface area contributed by atoms with Gasteiger partial charge < -0.3 is 12.3 Å². The second-order valence-electron chi connectivity index (χ2n) is 3.31. The van der Waals surface area contributed by atoms with Crippen molar-refractivity contribution in [1.82, 2.24) is 5.16 Å². The molecular weight excluding hydrogens is 309 g/mol. The van der Waals surface area contributed by atoms with Crippen LogP contribution in [0.3, 0.4) is 0 Å². The highest BCUT2D eigenvalue weighted by Gasteiger charge is 1.99. The molecule has 15 heavy (non-hydrogen) atoms. The molecule has 0 aromatic carbocycles. The summed E-state index contributed by atoms with van der Waals surface area (Å²) in [4.78, 5) is 0. The first kappa shape index (κ1) is 12.9. The third kappa shape index (κ3) is 6.11. The molecule has 0 aliphatic carbocycles. The maximum atomic E-state index is 5.42. The van der Waals surface area contributed by atoms with Gasteiger partial charge in [0.25, 0.3) is 0 Å². The molecular formula is C10H16INO3. The van der Waals surface area contributed by atoms with Crippen molar-refractivity contribution >= 4 is 23.0 Å². The molecule has 4 nitrogen and oxygen atoms in total. The molecule has 1 rings (SSSR count). The molecule has 0 fully saturated rings. The Morgan fingerprint density at radius 2 is 2.13 bits per heavy atom. The molecule has 0 spiro atoms. The zero-order valence-electron chi connectivity index (χ0n) is 8.87. The van der Waals surface area contributed by atoms with Crippen LogP contribution in [0.15, 0.2) is 10.6 Å². The van der Waals surface area contributed by atoms with Crippen molar-refractivity contribution in [3.63, 3.8) is 0 Å². The number of ether oxygens (including phenoxy) is 1. The van der Waals surface area contributed by atoms with E-state index >= 15 is 0 Å². The first-order valence-electron chi connectivity index (χ1n) is 5.06. The third-order valence-electron chi connectivity index (χ3n) is 1.91. The Labute approximate surface area is 104 Å². The Kier molecular flexibility index (Phi) is 6.95. The number of aryl methyl sites for hydroxylation is 2. The van der Waals surface area contributed by atoms with Crippen LogP contribution in [0, 0.1) is 6.92 Å². The number of rotatable bonds is 8. The minimum atomic E-state index is 0.753. The molecule has 1 heterocycles. The van der Waals surface area contributed by atoms with E-state index < -0.39 is 0 Å². The van der Waals surface area contributed by atoms with E-state index in [4.69, 9.17) is 12.3 Å². The Morgan fingerprint density at radius 3 is 2.80 bits per heavy atom. The molecule has 0 amide bonds. The fourth-order valence-electron chi connectivity index (χ4n) is 1.21. The topological polar surface area (TPSA) is 44.5 Å². The minimum Gasteiger partial charge on any atom is -0.381 e. The maximum absolute atomic E-state index is 5.42. The van der Waals surface area contributed by atoms with E-state index in [-0.39, 0.29) is 0 Å². The lowest BCUT2D eigenvalue weighted by Gasteiger charge is -2.01. The van der Waals surface area contributed by atoms with Crippen LogP contribution < -0.4 is 0 Å². The summed E-state index contributed by atoms with van der Waals surface area (Å²) in [5.41, 5.74) is 1.01. The number of hydrogen-bond donors (Lipinski definition) is 0. The maximum Gasteiger partial charge on any atom is 0.133 e. The van der Waals surface area contributed by atoms with Crippen LogP contribution in [0.25, 0.3) is 0 Å². The smallest absolute Gasteiger partial charge is 0.133 e. The molecule has 1 aromatic heterocycles. The van der Waals surface area contributed by atoms with Gasteiger partial charge >= 0.3 is 0 Å². The molecule has 86 valence electrons. The van der Waals surface area contributed by atoms with Gasteiger partial charge in [0.1, 0.15) is 28.8 Å². The highest BCUT2D eigenvalue weighted by atomic mass is 127. The first-order chi connectivity index (χ1) is 7.33. The van der Waals surface area contributed by atoms with Crippen LogP contribution >= 0.6 is 23.0 Å². The van der Waals surface area contributed by atoms with Gasteiger partial charge in [-0.25, -0.2) is 0 Å². The standard InChI is InChI=1S/C10H16INO3/c1-9-8-10(12-15-9)4-2-5-13-6-3-7-14-11/h8H,2-7H2,1H3. The fourth-order valence-corrected chi connectivity index (χ4v) is 1.52. The predicted octanol–water partition coefficient (Wildman–Crippen LogP) is 2.69. The van der Waals surface area contributed by atoms with Crippen LogP contribution in [0.1, 0.15) is 24.3 Å². The van der Waals surface area contributed by atoms with E-state index in [1.807, 2.05) is 36.0 Å². The van der Waals surface area contributed by atoms with Gasteiger partial charge in [0.05, 0.1) is 12.3 Å². The van der Waals surface area contributed by atoms with Crippen molar-refractivity contribution in [2.75, 3.05) is 19.8 Å². The van der Waals surface area contributed by atoms with Gasteiger partial charge in [-0.2, -0.15) is 0 Å². The molecule has 0 radical (unpaired) electrons. The zero-order chi connectivity index (χ0) is 10.9. The Balaban J connectivity index is 1.93. The van der Waals surface area contributed by atoms with Crippen molar-refractivity contribution in [3.05, 3.63) is 17.5 Å². The number of halogens is 1.